The number of aryl methyl sites for hydroxylation is 1. The summed E-state index contributed by atoms with van der Waals surface area (Å²) in [6.07, 6.45) is 0. The minimum atomic E-state index is -0.0777. The number of hydrogen-bond donors (Lipinski definition) is 2. The highest BCUT2D eigenvalue weighted by molar-refractivity contribution is 7.80. The van der Waals surface area contributed by atoms with Gasteiger partial charge >= 0.3 is 0 Å². The van der Waals surface area contributed by atoms with Gasteiger partial charge in [0.2, 0.25) is 0 Å². The van der Waals surface area contributed by atoms with Gasteiger partial charge in [0.05, 0.1) is 17.7 Å². The van der Waals surface area contributed by atoms with Crippen molar-refractivity contribution in [3.8, 4) is 0 Å². The number of nitrogens with one attached hydrogen (secondary N) is 1. The zero-order valence-electron chi connectivity index (χ0n) is 9.30. The van der Waals surface area contributed by atoms with E-state index in [0.29, 0.717) is 12.1 Å². The number of hydrogen-bond acceptors (Lipinski definition) is 4. The molecule has 0 unspecified atom stereocenters. The number of benzene rings is 1. The lowest BCUT2D eigenvalue weighted by atomic mass is 10.2. The van der Waals surface area contributed by atoms with Crippen LogP contribution in [-0.2, 0) is 6.54 Å². The maximum Gasteiger partial charge on any atom is 0.251 e. The van der Waals surface area contributed by atoms with Crippen molar-refractivity contribution in [2.75, 3.05) is 0 Å². The summed E-state index contributed by atoms with van der Waals surface area (Å²) in [5.41, 5.74) is 3.40. The zero-order valence-corrected chi connectivity index (χ0v) is 11.0. The number of thiazole rings is 1. The molecule has 0 aliphatic carbocycles. The summed E-state index contributed by atoms with van der Waals surface area (Å²) in [5.74, 6) is -0.0777. The van der Waals surface area contributed by atoms with Crippen molar-refractivity contribution in [1.29, 1.82) is 0 Å². The Bertz CT molecular complexity index is 520. The molecule has 3 nitrogen and oxygen atoms in total. The predicted molar refractivity (Wildman–Crippen MR) is 71.7 cm³/mol. The van der Waals surface area contributed by atoms with Crippen LogP contribution in [0, 0.1) is 6.92 Å². The topological polar surface area (TPSA) is 42.0 Å². The standard InChI is InChI=1S/C12H12N2OS2/c1-8-11(17-7-14-8)6-13-12(15)9-2-4-10(16)5-3-9/h2-5,7,16H,6H2,1H3,(H,13,15). The van der Waals surface area contributed by atoms with Crippen LogP contribution in [0.15, 0.2) is 34.7 Å². The molecule has 1 heterocycles. The molecule has 0 radical (unpaired) electrons. The first-order valence-electron chi connectivity index (χ1n) is 5.13. The first-order chi connectivity index (χ1) is 8.16. The lowest BCUT2D eigenvalue weighted by Gasteiger charge is -2.04. The van der Waals surface area contributed by atoms with E-state index in [9.17, 15) is 4.79 Å². The van der Waals surface area contributed by atoms with Crippen LogP contribution in [0.1, 0.15) is 20.9 Å². The van der Waals surface area contributed by atoms with Gasteiger partial charge < -0.3 is 5.32 Å². The molecule has 0 atom stereocenters. The molecular weight excluding hydrogens is 252 g/mol. The Morgan fingerprint density at radius 1 is 1.41 bits per heavy atom. The number of thiol groups is 1. The number of rotatable bonds is 3. The molecule has 1 N–H and O–H groups in total. The Hall–Kier alpha value is -1.33. The van der Waals surface area contributed by atoms with Crippen LogP contribution in [-0.4, -0.2) is 10.9 Å². The van der Waals surface area contributed by atoms with E-state index in [4.69, 9.17) is 0 Å². The van der Waals surface area contributed by atoms with E-state index in [1.807, 2.05) is 6.92 Å². The fraction of sp³-hybridized carbons (Fsp3) is 0.167. The van der Waals surface area contributed by atoms with E-state index in [2.05, 4.69) is 22.9 Å². The van der Waals surface area contributed by atoms with Gasteiger partial charge in [0, 0.05) is 15.3 Å². The minimum absolute atomic E-state index is 0.0777. The Labute approximate surface area is 109 Å². The second-order valence-electron chi connectivity index (χ2n) is 3.59. The SMILES string of the molecule is Cc1ncsc1CNC(=O)c1ccc(S)cc1. The van der Waals surface area contributed by atoms with E-state index < -0.39 is 0 Å². The number of amides is 1. The number of aromatic nitrogens is 1. The van der Waals surface area contributed by atoms with Crippen LogP contribution < -0.4 is 5.32 Å². The van der Waals surface area contributed by atoms with Crippen LogP contribution in [0.25, 0.3) is 0 Å². The molecule has 1 amide bonds. The fourth-order valence-electron chi connectivity index (χ4n) is 1.37. The van der Waals surface area contributed by atoms with Gasteiger partial charge in [-0.05, 0) is 31.2 Å². The summed E-state index contributed by atoms with van der Waals surface area (Å²) in [6, 6.07) is 7.13. The first-order valence-corrected chi connectivity index (χ1v) is 6.45. The molecule has 2 aromatic rings. The van der Waals surface area contributed by atoms with Gasteiger partial charge in [-0.3, -0.25) is 4.79 Å². The van der Waals surface area contributed by atoms with Gasteiger partial charge in [0.15, 0.2) is 0 Å². The van der Waals surface area contributed by atoms with E-state index in [0.717, 1.165) is 15.5 Å². The second-order valence-corrected chi connectivity index (χ2v) is 5.05. The third-order valence-electron chi connectivity index (χ3n) is 2.38. The highest BCUT2D eigenvalue weighted by atomic mass is 32.1. The van der Waals surface area contributed by atoms with Crippen molar-refractivity contribution in [2.45, 2.75) is 18.4 Å². The predicted octanol–water partition coefficient (Wildman–Crippen LogP) is 2.67. The molecule has 2 rings (SSSR count). The minimum Gasteiger partial charge on any atom is -0.347 e. The van der Waals surface area contributed by atoms with Crippen LogP contribution >= 0.6 is 24.0 Å². The summed E-state index contributed by atoms with van der Waals surface area (Å²) in [5, 5.41) is 2.87. The summed E-state index contributed by atoms with van der Waals surface area (Å²) in [6.45, 7) is 2.46. The fourth-order valence-corrected chi connectivity index (χ4v) is 2.24. The Balaban J connectivity index is 1.98. The van der Waals surface area contributed by atoms with Crippen LogP contribution in [0.5, 0.6) is 0 Å². The maximum absolute atomic E-state index is 11.8. The van der Waals surface area contributed by atoms with E-state index in [1.54, 1.807) is 41.1 Å². The molecule has 1 aromatic carbocycles. The zero-order chi connectivity index (χ0) is 12.3. The molecule has 1 aromatic heterocycles. The molecule has 17 heavy (non-hydrogen) atoms. The van der Waals surface area contributed by atoms with Crippen molar-refractivity contribution < 1.29 is 4.79 Å². The summed E-state index contributed by atoms with van der Waals surface area (Å²) in [4.78, 5) is 17.9. The van der Waals surface area contributed by atoms with Crippen LogP contribution in [0.4, 0.5) is 0 Å². The highest BCUT2D eigenvalue weighted by Crippen LogP contribution is 2.12. The monoisotopic (exact) mass is 264 g/mol. The van der Waals surface area contributed by atoms with Crippen molar-refractivity contribution >= 4 is 29.9 Å². The number of nitrogens with zero attached hydrogens (tertiary/aromatic N) is 1. The van der Waals surface area contributed by atoms with Gasteiger partial charge in [-0.2, -0.15) is 0 Å². The van der Waals surface area contributed by atoms with Crippen molar-refractivity contribution in [1.82, 2.24) is 10.3 Å². The quantitative estimate of drug-likeness (QED) is 0.837. The third kappa shape index (κ3) is 3.08. The molecule has 0 aliphatic rings. The van der Waals surface area contributed by atoms with Crippen molar-refractivity contribution in [3.63, 3.8) is 0 Å². The molecule has 88 valence electrons. The second kappa shape index (κ2) is 5.33. The van der Waals surface area contributed by atoms with Gasteiger partial charge in [0.25, 0.3) is 5.91 Å². The lowest BCUT2D eigenvalue weighted by molar-refractivity contribution is 0.0951. The van der Waals surface area contributed by atoms with Crippen LogP contribution in [0.3, 0.4) is 0 Å². The Morgan fingerprint density at radius 3 is 2.71 bits per heavy atom. The molecule has 5 heteroatoms. The van der Waals surface area contributed by atoms with Gasteiger partial charge in [0.1, 0.15) is 0 Å². The average molecular weight is 264 g/mol. The van der Waals surface area contributed by atoms with Gasteiger partial charge in [-0.15, -0.1) is 24.0 Å². The average Bonchev–Trinajstić information content (AvgIpc) is 2.73. The Kier molecular flexibility index (Phi) is 3.81. The highest BCUT2D eigenvalue weighted by Gasteiger charge is 2.06. The summed E-state index contributed by atoms with van der Waals surface area (Å²) < 4.78 is 0. The molecular formula is C12H12N2OS2. The van der Waals surface area contributed by atoms with Crippen molar-refractivity contribution in [2.24, 2.45) is 0 Å². The summed E-state index contributed by atoms with van der Waals surface area (Å²) in [7, 11) is 0. The third-order valence-corrected chi connectivity index (χ3v) is 3.62. The largest absolute Gasteiger partial charge is 0.347 e. The van der Waals surface area contributed by atoms with Crippen LogP contribution in [0.2, 0.25) is 0 Å². The van der Waals surface area contributed by atoms with Gasteiger partial charge in [-0.25, -0.2) is 4.98 Å². The smallest absolute Gasteiger partial charge is 0.251 e. The maximum atomic E-state index is 11.8. The van der Waals surface area contributed by atoms with Gasteiger partial charge in [-0.1, -0.05) is 0 Å². The van der Waals surface area contributed by atoms with E-state index in [1.165, 1.54) is 0 Å². The molecule has 0 fully saturated rings. The molecule has 0 saturated carbocycles. The number of carbonyl (C=O) groups is 1. The molecule has 0 saturated heterocycles. The first kappa shape index (κ1) is 12.1. The van der Waals surface area contributed by atoms with E-state index >= 15 is 0 Å². The van der Waals surface area contributed by atoms with Crippen molar-refractivity contribution in [3.05, 3.63) is 45.9 Å². The Morgan fingerprint density at radius 2 is 2.12 bits per heavy atom. The lowest BCUT2D eigenvalue weighted by Crippen LogP contribution is -2.22. The number of carbonyl (C=O) groups excluding carboxylic acids is 1. The molecule has 0 bridgehead atoms. The normalized spacial score (nSPS) is 10.2. The summed E-state index contributed by atoms with van der Waals surface area (Å²) >= 11 is 5.73. The van der Waals surface area contributed by atoms with E-state index in [-0.39, 0.29) is 5.91 Å². The molecule has 0 aliphatic heterocycles. The molecule has 0 spiro atoms.